The summed E-state index contributed by atoms with van der Waals surface area (Å²) in [5.41, 5.74) is 7.12. The number of hydrazine groups is 1. The molecule has 656 valence electrons. The van der Waals surface area contributed by atoms with Gasteiger partial charge >= 0.3 is 0 Å². The molecule has 38 nitrogen and oxygen atoms in total. The van der Waals surface area contributed by atoms with Gasteiger partial charge in [0.15, 0.2) is 23.9 Å². The van der Waals surface area contributed by atoms with Crippen LogP contribution in [-0.4, -0.2) is 215 Å². The summed E-state index contributed by atoms with van der Waals surface area (Å²) in [7, 11) is 1.47. The minimum atomic E-state index is -2.40. The number of anilines is 1. The van der Waals surface area contributed by atoms with Gasteiger partial charge in [-0.15, -0.1) is 0 Å². The lowest BCUT2D eigenvalue weighted by atomic mass is 9.84. The van der Waals surface area contributed by atoms with Gasteiger partial charge in [0.1, 0.15) is 101 Å². The molecule has 6 aromatic carbocycles. The molecule has 2 fully saturated rings. The van der Waals surface area contributed by atoms with Crippen molar-refractivity contribution in [3.8, 4) is 57.1 Å². The van der Waals surface area contributed by atoms with Crippen LogP contribution in [0.15, 0.2) is 116 Å². The van der Waals surface area contributed by atoms with Crippen LogP contribution < -0.4 is 78.6 Å². The van der Waals surface area contributed by atoms with Crippen molar-refractivity contribution in [2.24, 2.45) is 11.7 Å². The Hall–Kier alpha value is -11.2. The fourth-order valence-corrected chi connectivity index (χ4v) is 15.4. The zero-order valence-electron chi connectivity index (χ0n) is 65.9. The van der Waals surface area contributed by atoms with Gasteiger partial charge in [0.2, 0.25) is 53.4 Å². The first-order valence-corrected chi connectivity index (χ1v) is 39.6. The Bertz CT molecular complexity index is 5220. The minimum absolute atomic E-state index is 0.0406. The standard InChI is InChI=1S/C81H89Cl3FN13O25/c1-32(2)16-48(87-5)73(111)96-63-65(105)36-8-12-52(45(83)19-36)119-54-22-39-23-55(69(54)123-80-70(68(108)67(107)56(31-100)121-80)122-58-27-81(4,71(109)33(3)118-58)89-29-34-17-40(30-88-28-34)91-72(110)38-6-10-47(85)44(82)21-38)120-53-13-9-37(20-46(53)84)66(106)64-78(116)95-62(79(117)98-90-14-15-99)43-24-41(101)25-51(103)59(43)42-18-35(7-11-50(42)102)60(75(113)97-64)94-76(114)61(39)93-74(112)49(26-57(86)104)92-77(63)115/h6-13,17-25,28,30,32-33,48-49,56,58,60-68,70-71,80,87,89-90,99-103,105-109H,14-16,26-27,29,31H2,1-5H3,(H2,86,104)(H,91,110)(H,92,115)(H,93,112)(H,94,114)(H,95,116)(H,96,111)(H,97,113)(H,98,117). The molecule has 18 unspecified atom stereocenters. The van der Waals surface area contributed by atoms with Crippen LogP contribution in [0, 0.1) is 11.7 Å². The van der Waals surface area contributed by atoms with Crippen LogP contribution in [0.25, 0.3) is 11.1 Å². The average Bonchev–Trinajstić information content (AvgIpc) is 0.764. The summed E-state index contributed by atoms with van der Waals surface area (Å²) < 4.78 is 53.5. The number of pyridine rings is 1. The summed E-state index contributed by atoms with van der Waals surface area (Å²) in [6.45, 7) is 4.86. The van der Waals surface area contributed by atoms with Crippen LogP contribution in [0.1, 0.15) is 121 Å². The Morgan fingerprint density at radius 1 is 0.707 bits per heavy atom. The molecule has 1 aromatic heterocycles. The highest BCUT2D eigenvalue weighted by molar-refractivity contribution is 6.32. The van der Waals surface area contributed by atoms with E-state index in [4.69, 9.17) is 69.0 Å². The van der Waals surface area contributed by atoms with Gasteiger partial charge in [0.05, 0.1) is 64.8 Å². The number of phenols is 3. The van der Waals surface area contributed by atoms with E-state index in [9.17, 15) is 74.6 Å². The van der Waals surface area contributed by atoms with Gasteiger partial charge in [0, 0.05) is 54.0 Å². The van der Waals surface area contributed by atoms with Crippen LogP contribution in [0.3, 0.4) is 0 Å². The molecule has 18 atom stereocenters. The number of fused-ring (bicyclic) bond motifs is 15. The number of phenolic OH excluding ortho intramolecular Hbond substituents is 3. The van der Waals surface area contributed by atoms with Crippen LogP contribution in [0.4, 0.5) is 10.1 Å². The molecule has 8 heterocycles. The zero-order valence-corrected chi connectivity index (χ0v) is 68.2. The summed E-state index contributed by atoms with van der Waals surface area (Å²) in [6, 6.07) is 4.42. The Morgan fingerprint density at radius 3 is 2.01 bits per heavy atom. The van der Waals surface area contributed by atoms with Crippen molar-refractivity contribution in [1.29, 1.82) is 0 Å². The Morgan fingerprint density at radius 2 is 1.37 bits per heavy atom. The van der Waals surface area contributed by atoms with Gasteiger partial charge in [-0.1, -0.05) is 66.8 Å². The number of aliphatic hydroxyl groups is 7. The van der Waals surface area contributed by atoms with E-state index in [1.54, 1.807) is 13.0 Å². The minimum Gasteiger partial charge on any atom is -0.508 e. The monoisotopic (exact) mass is 1770 g/mol. The number of carbonyl (C=O) groups excluding carboxylic acids is 9. The lowest BCUT2D eigenvalue weighted by molar-refractivity contribution is -0.334. The van der Waals surface area contributed by atoms with E-state index in [1.807, 2.05) is 13.8 Å². The molecule has 7 aromatic rings. The van der Waals surface area contributed by atoms with E-state index in [2.05, 4.69) is 63.7 Å². The number of hydrogen-bond acceptors (Lipinski definition) is 29. The highest BCUT2D eigenvalue weighted by Gasteiger charge is 2.52. The van der Waals surface area contributed by atoms with Crippen LogP contribution in [0.2, 0.25) is 15.1 Å². The lowest BCUT2D eigenvalue weighted by Gasteiger charge is -2.48. The molecule has 0 spiro atoms. The first kappa shape index (κ1) is 91.0. The van der Waals surface area contributed by atoms with E-state index in [0.717, 1.165) is 78.9 Å². The summed E-state index contributed by atoms with van der Waals surface area (Å²) in [4.78, 5) is 137. The van der Waals surface area contributed by atoms with Crippen molar-refractivity contribution in [2.75, 3.05) is 32.1 Å². The van der Waals surface area contributed by atoms with E-state index < -0.39 is 260 Å². The predicted octanol–water partition coefficient (Wildman–Crippen LogP) is 1.91. The molecule has 11 bridgehead atoms. The molecule has 123 heavy (non-hydrogen) atoms. The molecular formula is C81H89Cl3FN13O25. The molecule has 23 N–H and O–H groups in total. The Kier molecular flexibility index (Phi) is 28.6. The van der Waals surface area contributed by atoms with Crippen molar-refractivity contribution >= 4 is 93.7 Å². The number of nitrogens with zero attached hydrogens (tertiary/aromatic N) is 1. The number of nitrogens with one attached hydrogen (secondary N) is 11. The summed E-state index contributed by atoms with van der Waals surface area (Å²) in [5.74, 6) is -16.9. The molecule has 7 aliphatic heterocycles. The molecule has 0 aliphatic carbocycles. The number of aliphatic hydroxyl groups excluding tert-OH is 7. The number of aromatic hydroxyl groups is 3. The summed E-state index contributed by atoms with van der Waals surface area (Å²) >= 11 is 20.3. The number of amides is 9. The molecule has 2 saturated heterocycles. The molecule has 0 saturated carbocycles. The third kappa shape index (κ3) is 20.5. The third-order valence-electron chi connectivity index (χ3n) is 21.1. The topological polar surface area (TPSA) is 583 Å². The van der Waals surface area contributed by atoms with E-state index >= 15 is 24.0 Å². The fourth-order valence-electron chi connectivity index (χ4n) is 14.7. The van der Waals surface area contributed by atoms with Crippen molar-refractivity contribution in [3.63, 3.8) is 0 Å². The normalized spacial score (nSPS) is 26.2. The van der Waals surface area contributed by atoms with Gasteiger partial charge < -0.3 is 133 Å². The number of carbonyl (C=O) groups is 9. The van der Waals surface area contributed by atoms with E-state index in [-0.39, 0.29) is 70.6 Å². The number of halogens is 4. The van der Waals surface area contributed by atoms with Crippen LogP contribution in [-0.2, 0) is 59.1 Å². The van der Waals surface area contributed by atoms with Gasteiger partial charge in [-0.3, -0.25) is 53.6 Å². The number of rotatable bonds is 21. The summed E-state index contributed by atoms with van der Waals surface area (Å²) in [5, 5.41) is 139. The lowest BCUT2D eigenvalue weighted by Crippen LogP contribution is -2.65. The Balaban J connectivity index is 1.03. The second kappa shape index (κ2) is 38.7. The molecule has 9 amide bonds. The quantitative estimate of drug-likeness (QED) is 0.0361. The second-order valence-electron chi connectivity index (χ2n) is 30.4. The number of nitrogens with two attached hydrogens (primary N) is 1. The van der Waals surface area contributed by atoms with E-state index in [0.29, 0.717) is 5.56 Å². The van der Waals surface area contributed by atoms with Crippen LogP contribution in [0.5, 0.6) is 46.0 Å². The number of aromatic nitrogens is 1. The number of ether oxygens (including phenoxy) is 6. The van der Waals surface area contributed by atoms with Crippen LogP contribution >= 0.6 is 34.8 Å². The molecular weight excluding hydrogens is 1680 g/mol. The fraction of sp³-hybridized carbons (Fsp3) is 0.383. The van der Waals surface area contributed by atoms with Crippen molar-refractivity contribution < 1.29 is 127 Å². The number of benzene rings is 6. The van der Waals surface area contributed by atoms with E-state index in [1.165, 1.54) is 44.6 Å². The molecule has 42 heteroatoms. The van der Waals surface area contributed by atoms with Crippen molar-refractivity contribution in [3.05, 3.63) is 175 Å². The maximum absolute atomic E-state index is 16.3. The SMILES string of the molecule is CNC(CC(C)C)C(=O)NC1C(=O)NC(CC(N)=O)C(=O)NC2C(=O)NC3C(=O)NC(C(=O)NC(C(=O)NNCCO)c4cc(O)cc(O)c4-c4cc3ccc4O)C(O)c3ccc(c(Cl)c3)Oc3cc2cc(c3OC2OC(CO)C(O)C(O)C2OC2CC(C)(NCc3cncc(NC(=O)c4ccc(F)c(Cl)c4)c3)C(O)C(C)O2)Oc2ccc(cc2Cl)C1O. The zero-order chi connectivity index (χ0) is 88.9. The summed E-state index contributed by atoms with van der Waals surface area (Å²) in [6.07, 6.45) is -16.7. The second-order valence-corrected chi connectivity index (χ2v) is 31.7. The third-order valence-corrected chi connectivity index (χ3v) is 22.0. The predicted molar refractivity (Wildman–Crippen MR) is 431 cm³/mol. The van der Waals surface area contributed by atoms with Gasteiger partial charge in [0.25, 0.3) is 11.8 Å². The highest BCUT2D eigenvalue weighted by atomic mass is 35.5. The first-order valence-electron chi connectivity index (χ1n) is 38.5. The molecule has 14 rings (SSSR count). The largest absolute Gasteiger partial charge is 0.508 e. The molecule has 7 aliphatic rings. The maximum atomic E-state index is 16.3. The van der Waals surface area contributed by atoms with Gasteiger partial charge in [-0.2, -0.15) is 0 Å². The van der Waals surface area contributed by atoms with Gasteiger partial charge in [-0.05, 0) is 145 Å². The Labute approximate surface area is 714 Å². The average molecular weight is 1770 g/mol. The number of hydrogen-bond donors (Lipinski definition) is 22. The van der Waals surface area contributed by atoms with Crippen molar-refractivity contribution in [2.45, 2.75) is 163 Å². The maximum Gasteiger partial charge on any atom is 0.261 e. The number of primary amides is 1. The number of likely N-dealkylation sites (N-methyl/N-ethyl adjacent to an activating group) is 1. The first-order chi connectivity index (χ1) is 58.4. The molecule has 0 radical (unpaired) electrons. The highest BCUT2D eigenvalue weighted by Crippen LogP contribution is 2.50. The smallest absolute Gasteiger partial charge is 0.261 e. The van der Waals surface area contributed by atoms with Crippen molar-refractivity contribution in [1.82, 2.24) is 58.4 Å². The van der Waals surface area contributed by atoms with Gasteiger partial charge in [-0.25, -0.2) is 9.82 Å².